The summed E-state index contributed by atoms with van der Waals surface area (Å²) in [5.74, 6) is 1.38. The Kier molecular flexibility index (Phi) is 3.22. The van der Waals surface area contributed by atoms with E-state index in [9.17, 15) is 10.2 Å². The van der Waals surface area contributed by atoms with Gasteiger partial charge < -0.3 is 25.4 Å². The number of nitrogen functional groups attached to an aromatic ring is 1. The maximum absolute atomic E-state index is 9.54. The number of fused-ring (bicyclic) bond motifs is 1. The highest BCUT2D eigenvalue weighted by atomic mass is 16.6. The van der Waals surface area contributed by atoms with Crippen LogP contribution in [0, 0.1) is 0 Å². The minimum Gasteiger partial charge on any atom is -0.486 e. The SMILES string of the molecule is Nc1cc2c(cc1CN1CC(O)C(O)C1)OCCO2. The number of nitrogens with zero attached hydrogens (tertiary/aromatic N) is 1. The number of anilines is 1. The number of aliphatic hydroxyl groups is 2. The van der Waals surface area contributed by atoms with Gasteiger partial charge in [0, 0.05) is 31.4 Å². The predicted molar refractivity (Wildman–Crippen MR) is 69.1 cm³/mol. The number of hydrogen-bond acceptors (Lipinski definition) is 6. The lowest BCUT2D eigenvalue weighted by molar-refractivity contribution is 0.0572. The first-order valence-corrected chi connectivity index (χ1v) is 6.40. The summed E-state index contributed by atoms with van der Waals surface area (Å²) in [6.45, 7) is 2.56. The summed E-state index contributed by atoms with van der Waals surface area (Å²) in [5.41, 5.74) is 7.57. The summed E-state index contributed by atoms with van der Waals surface area (Å²) < 4.78 is 11.0. The van der Waals surface area contributed by atoms with E-state index in [0.717, 1.165) is 5.56 Å². The van der Waals surface area contributed by atoms with E-state index in [2.05, 4.69) is 0 Å². The second-order valence-electron chi connectivity index (χ2n) is 5.02. The van der Waals surface area contributed by atoms with Crippen LogP contribution in [-0.4, -0.2) is 53.6 Å². The molecular formula is C13H18N2O4. The van der Waals surface area contributed by atoms with Crippen molar-refractivity contribution in [1.82, 2.24) is 4.90 Å². The molecule has 2 atom stereocenters. The van der Waals surface area contributed by atoms with Crippen molar-refractivity contribution < 1.29 is 19.7 Å². The molecule has 0 aromatic heterocycles. The summed E-state index contributed by atoms with van der Waals surface area (Å²) in [5, 5.41) is 19.1. The largest absolute Gasteiger partial charge is 0.486 e. The van der Waals surface area contributed by atoms with Gasteiger partial charge in [-0.2, -0.15) is 0 Å². The van der Waals surface area contributed by atoms with Gasteiger partial charge in [0.2, 0.25) is 0 Å². The molecule has 4 N–H and O–H groups in total. The average molecular weight is 266 g/mol. The highest BCUT2D eigenvalue weighted by Gasteiger charge is 2.30. The van der Waals surface area contributed by atoms with Crippen LogP contribution in [0.5, 0.6) is 11.5 Å². The van der Waals surface area contributed by atoms with E-state index in [1.807, 2.05) is 11.0 Å². The van der Waals surface area contributed by atoms with Crippen molar-refractivity contribution in [2.45, 2.75) is 18.8 Å². The fourth-order valence-corrected chi connectivity index (χ4v) is 2.50. The van der Waals surface area contributed by atoms with E-state index >= 15 is 0 Å². The van der Waals surface area contributed by atoms with E-state index in [4.69, 9.17) is 15.2 Å². The maximum Gasteiger partial charge on any atom is 0.163 e. The third-order valence-corrected chi connectivity index (χ3v) is 3.53. The second-order valence-corrected chi connectivity index (χ2v) is 5.02. The van der Waals surface area contributed by atoms with Gasteiger partial charge in [-0.3, -0.25) is 4.90 Å². The molecule has 1 aromatic carbocycles. The molecular weight excluding hydrogens is 248 g/mol. The van der Waals surface area contributed by atoms with Crippen molar-refractivity contribution in [3.05, 3.63) is 17.7 Å². The molecule has 6 heteroatoms. The Labute approximate surface area is 111 Å². The third kappa shape index (κ3) is 2.47. The topological polar surface area (TPSA) is 88.2 Å². The molecule has 1 saturated heterocycles. The highest BCUT2D eigenvalue weighted by molar-refractivity contribution is 5.58. The Morgan fingerprint density at radius 3 is 2.32 bits per heavy atom. The normalized spacial score (nSPS) is 26.6. The number of hydrogen-bond donors (Lipinski definition) is 3. The summed E-state index contributed by atoms with van der Waals surface area (Å²) in [4.78, 5) is 1.97. The fraction of sp³-hybridized carbons (Fsp3) is 0.538. The predicted octanol–water partition coefficient (Wildman–Crippen LogP) is -0.423. The molecule has 0 saturated carbocycles. The molecule has 2 unspecified atom stereocenters. The molecule has 0 spiro atoms. The number of aliphatic hydroxyl groups excluding tert-OH is 2. The number of benzene rings is 1. The minimum atomic E-state index is -0.682. The maximum atomic E-state index is 9.54. The molecule has 2 aliphatic rings. The molecule has 0 radical (unpaired) electrons. The van der Waals surface area contributed by atoms with Crippen LogP contribution in [0.25, 0.3) is 0 Å². The first-order chi connectivity index (χ1) is 9.13. The van der Waals surface area contributed by atoms with Gasteiger partial charge in [-0.1, -0.05) is 0 Å². The fourth-order valence-electron chi connectivity index (χ4n) is 2.50. The summed E-state index contributed by atoms with van der Waals surface area (Å²) in [6.07, 6.45) is -1.36. The quantitative estimate of drug-likeness (QED) is 0.630. The highest BCUT2D eigenvalue weighted by Crippen LogP contribution is 2.35. The van der Waals surface area contributed by atoms with E-state index in [-0.39, 0.29) is 0 Å². The van der Waals surface area contributed by atoms with Gasteiger partial charge in [0.25, 0.3) is 0 Å². The van der Waals surface area contributed by atoms with E-state index in [1.165, 1.54) is 0 Å². The lowest BCUT2D eigenvalue weighted by atomic mass is 10.1. The van der Waals surface area contributed by atoms with Crippen LogP contribution in [0.15, 0.2) is 12.1 Å². The van der Waals surface area contributed by atoms with Gasteiger partial charge in [0.05, 0.1) is 12.2 Å². The molecule has 2 aliphatic heterocycles. The van der Waals surface area contributed by atoms with E-state index in [0.29, 0.717) is 50.0 Å². The Hall–Kier alpha value is -1.50. The molecule has 3 rings (SSSR count). The zero-order valence-corrected chi connectivity index (χ0v) is 10.6. The van der Waals surface area contributed by atoms with Crippen molar-refractivity contribution in [1.29, 1.82) is 0 Å². The smallest absolute Gasteiger partial charge is 0.163 e. The van der Waals surface area contributed by atoms with Crippen molar-refractivity contribution in [2.75, 3.05) is 32.0 Å². The van der Waals surface area contributed by atoms with Gasteiger partial charge in [0.1, 0.15) is 13.2 Å². The van der Waals surface area contributed by atoms with Crippen molar-refractivity contribution in [3.63, 3.8) is 0 Å². The number of ether oxygens (including phenoxy) is 2. The lowest BCUT2D eigenvalue weighted by Crippen LogP contribution is -2.22. The monoisotopic (exact) mass is 266 g/mol. The van der Waals surface area contributed by atoms with Crippen LogP contribution in [0.2, 0.25) is 0 Å². The first kappa shape index (κ1) is 12.5. The number of β-amino-alcohol motifs (C(OH)–C–C–N with tert-alkyl or cyclic N) is 2. The van der Waals surface area contributed by atoms with Crippen LogP contribution < -0.4 is 15.2 Å². The van der Waals surface area contributed by atoms with Crippen LogP contribution in [0.4, 0.5) is 5.69 Å². The van der Waals surface area contributed by atoms with Gasteiger partial charge in [-0.25, -0.2) is 0 Å². The number of likely N-dealkylation sites (tertiary alicyclic amines) is 1. The van der Waals surface area contributed by atoms with Crippen molar-refractivity contribution in [2.24, 2.45) is 0 Å². The molecule has 19 heavy (non-hydrogen) atoms. The Morgan fingerprint density at radius 2 is 1.68 bits per heavy atom. The molecule has 1 aromatic rings. The van der Waals surface area contributed by atoms with E-state index in [1.54, 1.807) is 6.07 Å². The zero-order chi connectivity index (χ0) is 13.4. The summed E-state index contributed by atoms with van der Waals surface area (Å²) in [6, 6.07) is 3.65. The molecule has 0 amide bonds. The Balaban J connectivity index is 1.77. The number of rotatable bonds is 2. The van der Waals surface area contributed by atoms with Crippen LogP contribution >= 0.6 is 0 Å². The zero-order valence-electron chi connectivity index (χ0n) is 10.6. The molecule has 104 valence electrons. The minimum absolute atomic E-state index is 0.453. The summed E-state index contributed by atoms with van der Waals surface area (Å²) in [7, 11) is 0. The van der Waals surface area contributed by atoms with E-state index < -0.39 is 12.2 Å². The number of nitrogens with two attached hydrogens (primary N) is 1. The van der Waals surface area contributed by atoms with Crippen molar-refractivity contribution in [3.8, 4) is 11.5 Å². The molecule has 0 aliphatic carbocycles. The molecule has 2 heterocycles. The van der Waals surface area contributed by atoms with Crippen LogP contribution in [0.1, 0.15) is 5.56 Å². The van der Waals surface area contributed by atoms with Crippen LogP contribution in [-0.2, 0) is 6.54 Å². The first-order valence-electron chi connectivity index (χ1n) is 6.40. The Bertz CT molecular complexity index is 470. The Morgan fingerprint density at radius 1 is 1.11 bits per heavy atom. The molecule has 1 fully saturated rings. The van der Waals surface area contributed by atoms with Gasteiger partial charge in [-0.05, 0) is 11.6 Å². The van der Waals surface area contributed by atoms with Gasteiger partial charge in [-0.15, -0.1) is 0 Å². The van der Waals surface area contributed by atoms with Gasteiger partial charge >= 0.3 is 0 Å². The summed E-state index contributed by atoms with van der Waals surface area (Å²) >= 11 is 0. The van der Waals surface area contributed by atoms with Gasteiger partial charge in [0.15, 0.2) is 11.5 Å². The lowest BCUT2D eigenvalue weighted by Gasteiger charge is -2.22. The molecule has 6 nitrogen and oxygen atoms in total. The second kappa shape index (κ2) is 4.88. The third-order valence-electron chi connectivity index (χ3n) is 3.53. The van der Waals surface area contributed by atoms with Crippen molar-refractivity contribution >= 4 is 5.69 Å². The van der Waals surface area contributed by atoms with Crippen LogP contribution in [0.3, 0.4) is 0 Å². The average Bonchev–Trinajstić information content (AvgIpc) is 2.69. The standard InChI is InChI=1S/C13H18N2O4/c14-9-4-13-12(18-1-2-19-13)3-8(9)5-15-6-10(16)11(17)7-15/h3-4,10-11,16-17H,1-2,5-7,14H2. The molecule has 0 bridgehead atoms.